The number of nitrogens with zero attached hydrogens (tertiary/aromatic N) is 6. The minimum atomic E-state index is 0.235. The van der Waals surface area contributed by atoms with E-state index >= 15 is 0 Å². The summed E-state index contributed by atoms with van der Waals surface area (Å²) in [5.74, 6) is 0.874. The van der Waals surface area contributed by atoms with Gasteiger partial charge < -0.3 is 14.2 Å². The van der Waals surface area contributed by atoms with Gasteiger partial charge in [-0.05, 0) is 25.1 Å². The molecule has 0 amide bonds. The van der Waals surface area contributed by atoms with E-state index in [4.69, 9.17) is 14.2 Å². The molecule has 5 rings (SSSR count). The van der Waals surface area contributed by atoms with Gasteiger partial charge in [-0.2, -0.15) is 10.2 Å². The van der Waals surface area contributed by atoms with Crippen LogP contribution in [0.3, 0.4) is 0 Å². The fourth-order valence-corrected chi connectivity index (χ4v) is 3.51. The molecular weight excluding hydrogens is 346 g/mol. The molecule has 4 aromatic rings. The van der Waals surface area contributed by atoms with Crippen molar-refractivity contribution in [3.63, 3.8) is 0 Å². The van der Waals surface area contributed by atoms with Gasteiger partial charge in [-0.25, -0.2) is 4.98 Å². The van der Waals surface area contributed by atoms with Crippen molar-refractivity contribution in [2.45, 2.75) is 13.0 Å². The van der Waals surface area contributed by atoms with E-state index in [9.17, 15) is 0 Å². The van der Waals surface area contributed by atoms with Crippen molar-refractivity contribution in [2.24, 2.45) is 7.05 Å². The average Bonchev–Trinajstić information content (AvgIpc) is 3.41. The predicted molar refractivity (Wildman–Crippen MR) is 99.2 cm³/mol. The maximum absolute atomic E-state index is 5.71. The molecule has 9 heteroatoms. The number of fused-ring (bicyclic) bond motifs is 1. The van der Waals surface area contributed by atoms with E-state index < -0.39 is 0 Å². The van der Waals surface area contributed by atoms with Gasteiger partial charge in [0.2, 0.25) is 0 Å². The van der Waals surface area contributed by atoms with E-state index in [1.165, 1.54) is 0 Å². The highest BCUT2D eigenvalue weighted by molar-refractivity contribution is 5.97. The fraction of sp³-hybridized carbons (Fsp3) is 0.333. The van der Waals surface area contributed by atoms with E-state index in [0.717, 1.165) is 29.3 Å². The highest BCUT2D eigenvalue weighted by Crippen LogP contribution is 2.36. The molecule has 1 atom stereocenters. The summed E-state index contributed by atoms with van der Waals surface area (Å²) in [7, 11) is 1.91. The summed E-state index contributed by atoms with van der Waals surface area (Å²) < 4.78 is 13.1. The molecule has 138 valence electrons. The third-order valence-electron chi connectivity index (χ3n) is 4.93. The number of rotatable bonds is 3. The maximum Gasteiger partial charge on any atom is 0.195 e. The van der Waals surface area contributed by atoms with Gasteiger partial charge in [-0.15, -0.1) is 0 Å². The molecule has 1 aliphatic rings. The van der Waals surface area contributed by atoms with Crippen LogP contribution in [0.4, 0.5) is 5.82 Å². The number of aromatic amines is 1. The van der Waals surface area contributed by atoms with E-state index in [2.05, 4.69) is 32.3 Å². The summed E-state index contributed by atoms with van der Waals surface area (Å²) >= 11 is 0. The average molecular weight is 365 g/mol. The largest absolute Gasteiger partial charge is 0.377 e. The molecule has 0 aliphatic carbocycles. The fourth-order valence-electron chi connectivity index (χ4n) is 3.51. The van der Waals surface area contributed by atoms with E-state index in [-0.39, 0.29) is 6.04 Å². The van der Waals surface area contributed by atoms with Gasteiger partial charge in [0.25, 0.3) is 0 Å². The lowest BCUT2D eigenvalue weighted by atomic mass is 10.1. The van der Waals surface area contributed by atoms with Crippen molar-refractivity contribution in [1.29, 1.82) is 0 Å². The molecule has 0 bridgehead atoms. The number of morpholine rings is 1. The van der Waals surface area contributed by atoms with Gasteiger partial charge in [0, 0.05) is 26.0 Å². The maximum atomic E-state index is 5.71. The lowest BCUT2D eigenvalue weighted by Crippen LogP contribution is -2.44. The summed E-state index contributed by atoms with van der Waals surface area (Å²) in [5.41, 5.74) is 4.60. The molecule has 1 saturated heterocycles. The highest BCUT2D eigenvalue weighted by Gasteiger charge is 2.25. The molecule has 1 N–H and O–H groups in total. The van der Waals surface area contributed by atoms with Crippen LogP contribution < -0.4 is 4.90 Å². The van der Waals surface area contributed by atoms with Crippen LogP contribution in [0.25, 0.3) is 33.7 Å². The Hall–Kier alpha value is -3.20. The first kappa shape index (κ1) is 16.0. The van der Waals surface area contributed by atoms with Crippen LogP contribution in [0.2, 0.25) is 0 Å². The summed E-state index contributed by atoms with van der Waals surface area (Å²) in [6.07, 6.45) is 3.45. The standard InChI is InChI=1S/C18H19N7O2/c1-11-10-26-8-7-25(11)15-9-12(14-4-6-20-24(14)2)18-17(21-15)16(23-27-18)13-3-5-19-22-13/h3-6,9,11H,7-8,10H2,1-2H3,(H,19,22). The third-order valence-corrected chi connectivity index (χ3v) is 4.93. The summed E-state index contributed by atoms with van der Waals surface area (Å²) in [4.78, 5) is 7.16. The first-order valence-corrected chi connectivity index (χ1v) is 8.85. The second-order valence-corrected chi connectivity index (χ2v) is 6.66. The zero-order valence-electron chi connectivity index (χ0n) is 15.1. The minimum Gasteiger partial charge on any atom is -0.377 e. The molecule has 0 spiro atoms. The number of H-pyrrole nitrogens is 1. The number of aromatic nitrogens is 6. The normalized spacial score (nSPS) is 17.7. The van der Waals surface area contributed by atoms with Crippen LogP contribution in [0.5, 0.6) is 0 Å². The van der Waals surface area contributed by atoms with Crippen LogP contribution >= 0.6 is 0 Å². The van der Waals surface area contributed by atoms with E-state index in [1.807, 2.05) is 29.9 Å². The summed E-state index contributed by atoms with van der Waals surface area (Å²) in [6, 6.07) is 6.09. The molecule has 0 aromatic carbocycles. The Kier molecular flexibility index (Phi) is 3.68. The topological polar surface area (TPSA) is 97.9 Å². The van der Waals surface area contributed by atoms with Crippen LogP contribution in [0, 0.1) is 0 Å². The van der Waals surface area contributed by atoms with Gasteiger partial charge in [0.1, 0.15) is 11.3 Å². The number of nitrogens with one attached hydrogen (secondary N) is 1. The summed E-state index contributed by atoms with van der Waals surface area (Å²) in [5, 5.41) is 15.5. The van der Waals surface area contributed by atoms with Gasteiger partial charge in [0.05, 0.1) is 36.2 Å². The van der Waals surface area contributed by atoms with Gasteiger partial charge in [-0.3, -0.25) is 9.78 Å². The van der Waals surface area contributed by atoms with Crippen LogP contribution in [0.15, 0.2) is 35.1 Å². The molecule has 0 radical (unpaired) electrons. The quantitative estimate of drug-likeness (QED) is 0.594. The number of anilines is 1. The number of hydrogen-bond acceptors (Lipinski definition) is 7. The molecule has 9 nitrogen and oxygen atoms in total. The summed E-state index contributed by atoms with van der Waals surface area (Å²) in [6.45, 7) is 4.29. The number of aryl methyl sites for hydroxylation is 1. The monoisotopic (exact) mass is 365 g/mol. The second-order valence-electron chi connectivity index (χ2n) is 6.66. The Morgan fingerprint density at radius 3 is 2.93 bits per heavy atom. The molecule has 0 saturated carbocycles. The first-order chi connectivity index (χ1) is 13.2. The van der Waals surface area contributed by atoms with Crippen molar-refractivity contribution >= 4 is 16.9 Å². The second kappa shape index (κ2) is 6.20. The Balaban J connectivity index is 1.76. The van der Waals surface area contributed by atoms with E-state index in [0.29, 0.717) is 30.0 Å². The van der Waals surface area contributed by atoms with Crippen molar-refractivity contribution < 1.29 is 9.26 Å². The lowest BCUT2D eigenvalue weighted by molar-refractivity contribution is 0.0986. The van der Waals surface area contributed by atoms with Crippen molar-refractivity contribution in [3.05, 3.63) is 30.6 Å². The molecule has 27 heavy (non-hydrogen) atoms. The predicted octanol–water partition coefficient (Wildman–Crippen LogP) is 2.24. The zero-order chi connectivity index (χ0) is 18.4. The molecule has 1 unspecified atom stereocenters. The Morgan fingerprint density at radius 1 is 1.26 bits per heavy atom. The Bertz CT molecular complexity index is 1080. The first-order valence-electron chi connectivity index (χ1n) is 8.85. The van der Waals surface area contributed by atoms with E-state index in [1.54, 1.807) is 12.4 Å². The smallest absolute Gasteiger partial charge is 0.195 e. The SMILES string of the molecule is CC1COCCN1c1cc(-c2ccnn2C)c2onc(-c3ccn[nH]3)c2n1. The van der Waals surface area contributed by atoms with Crippen molar-refractivity contribution in [3.8, 4) is 22.6 Å². The van der Waals surface area contributed by atoms with Crippen molar-refractivity contribution in [2.75, 3.05) is 24.7 Å². The Morgan fingerprint density at radius 2 is 2.19 bits per heavy atom. The highest BCUT2D eigenvalue weighted by atomic mass is 16.5. The van der Waals surface area contributed by atoms with Crippen LogP contribution in [-0.4, -0.2) is 55.9 Å². The number of pyridine rings is 1. The zero-order valence-corrected chi connectivity index (χ0v) is 15.1. The third kappa shape index (κ3) is 2.58. The minimum absolute atomic E-state index is 0.235. The number of ether oxygens (including phenoxy) is 1. The lowest BCUT2D eigenvalue weighted by Gasteiger charge is -2.34. The van der Waals surface area contributed by atoms with Crippen molar-refractivity contribution in [1.82, 2.24) is 30.1 Å². The van der Waals surface area contributed by atoms with Gasteiger partial charge in [0.15, 0.2) is 11.3 Å². The molecular formula is C18H19N7O2. The van der Waals surface area contributed by atoms with Gasteiger partial charge >= 0.3 is 0 Å². The molecule has 5 heterocycles. The van der Waals surface area contributed by atoms with Crippen LogP contribution in [0.1, 0.15) is 6.92 Å². The molecule has 1 aliphatic heterocycles. The Labute approximate surface area is 154 Å². The number of hydrogen-bond donors (Lipinski definition) is 1. The van der Waals surface area contributed by atoms with Crippen LogP contribution in [-0.2, 0) is 11.8 Å². The molecule has 4 aromatic heterocycles. The molecule has 1 fully saturated rings. The van der Waals surface area contributed by atoms with Gasteiger partial charge in [-0.1, -0.05) is 5.16 Å².